The third-order valence-corrected chi connectivity index (χ3v) is 5.24. The third kappa shape index (κ3) is 3.22. The van der Waals surface area contributed by atoms with E-state index in [1.807, 2.05) is 0 Å². The molecule has 1 saturated heterocycles. The van der Waals surface area contributed by atoms with Gasteiger partial charge >= 0.3 is 0 Å². The molecule has 4 rings (SSSR count). The Morgan fingerprint density at radius 3 is 2.89 bits per heavy atom. The van der Waals surface area contributed by atoms with Gasteiger partial charge in [0.25, 0.3) is 17.5 Å². The number of amides is 2. The number of hydrogen-bond donors (Lipinski definition) is 1. The van der Waals surface area contributed by atoms with Crippen molar-refractivity contribution in [2.75, 3.05) is 20.1 Å². The highest BCUT2D eigenvalue weighted by atomic mass is 35.5. The lowest BCUT2D eigenvalue weighted by atomic mass is 9.99. The molecular formula is C20H19ClN4O3. The first-order chi connectivity index (χ1) is 13.5. The summed E-state index contributed by atoms with van der Waals surface area (Å²) in [6.45, 7) is 2.89. The fourth-order valence-electron chi connectivity index (χ4n) is 3.66. The number of fused-ring (bicyclic) bond motifs is 1. The summed E-state index contributed by atoms with van der Waals surface area (Å²) >= 11 is 6.01. The number of rotatable bonds is 3. The minimum Gasteiger partial charge on any atom is -0.355 e. The summed E-state index contributed by atoms with van der Waals surface area (Å²) in [6, 6.07) is 8.65. The minimum atomic E-state index is -0.218. The standard InChI is InChI=1S/C20H19ClN4O3/c1-11-8-15(18(26)22-2)16-17(24-28-19(16)23-11)13-6-7-25(10-13)20(27)12-4-3-5-14(21)9-12/h3-5,8-9,13H,6-7,10H2,1-2H3,(H,22,26). The molecule has 3 aromatic rings. The largest absolute Gasteiger partial charge is 0.355 e. The molecule has 2 aromatic heterocycles. The molecule has 1 N–H and O–H groups in total. The maximum atomic E-state index is 12.8. The number of carbonyl (C=O) groups is 2. The smallest absolute Gasteiger partial charge is 0.259 e. The van der Waals surface area contributed by atoms with Crippen LogP contribution < -0.4 is 5.32 Å². The van der Waals surface area contributed by atoms with Crippen molar-refractivity contribution >= 4 is 34.5 Å². The second kappa shape index (κ2) is 7.24. The van der Waals surface area contributed by atoms with Gasteiger partial charge < -0.3 is 14.7 Å². The lowest BCUT2D eigenvalue weighted by Crippen LogP contribution is -2.28. The van der Waals surface area contributed by atoms with E-state index >= 15 is 0 Å². The summed E-state index contributed by atoms with van der Waals surface area (Å²) in [7, 11) is 1.58. The molecule has 1 aliphatic rings. The Balaban J connectivity index is 1.65. The molecule has 1 aliphatic heterocycles. The average molecular weight is 399 g/mol. The van der Waals surface area contributed by atoms with E-state index in [-0.39, 0.29) is 17.7 Å². The van der Waals surface area contributed by atoms with Crippen molar-refractivity contribution in [3.63, 3.8) is 0 Å². The fourth-order valence-corrected chi connectivity index (χ4v) is 3.85. The predicted octanol–water partition coefficient (Wildman–Crippen LogP) is 3.17. The second-order valence-electron chi connectivity index (χ2n) is 6.89. The zero-order valence-corrected chi connectivity index (χ0v) is 16.3. The molecular weight excluding hydrogens is 380 g/mol. The molecule has 7 nitrogen and oxygen atoms in total. The second-order valence-corrected chi connectivity index (χ2v) is 7.32. The van der Waals surface area contributed by atoms with E-state index in [0.717, 1.165) is 6.42 Å². The normalized spacial score (nSPS) is 16.5. The van der Waals surface area contributed by atoms with Crippen LogP contribution in [0.15, 0.2) is 34.9 Å². The molecule has 1 atom stereocenters. The zero-order valence-electron chi connectivity index (χ0n) is 15.5. The number of pyridine rings is 1. The summed E-state index contributed by atoms with van der Waals surface area (Å²) in [5.41, 5.74) is 2.73. The molecule has 3 heterocycles. The van der Waals surface area contributed by atoms with Crippen molar-refractivity contribution in [3.8, 4) is 0 Å². The topological polar surface area (TPSA) is 88.3 Å². The molecule has 0 radical (unpaired) electrons. The molecule has 1 fully saturated rings. The van der Waals surface area contributed by atoms with Crippen molar-refractivity contribution in [1.82, 2.24) is 20.4 Å². The van der Waals surface area contributed by atoms with E-state index in [0.29, 0.717) is 51.7 Å². The number of carbonyl (C=O) groups excluding carboxylic acids is 2. The molecule has 8 heteroatoms. The Bertz CT molecular complexity index is 1080. The molecule has 2 amide bonds. The van der Waals surface area contributed by atoms with Crippen LogP contribution in [-0.4, -0.2) is 47.0 Å². The summed E-state index contributed by atoms with van der Waals surface area (Å²) in [5.74, 6) is -0.319. The van der Waals surface area contributed by atoms with Crippen LogP contribution >= 0.6 is 11.6 Å². The lowest BCUT2D eigenvalue weighted by molar-refractivity contribution is 0.0790. The Morgan fingerprint density at radius 2 is 2.14 bits per heavy atom. The molecule has 1 unspecified atom stereocenters. The minimum absolute atomic E-state index is 0.0303. The zero-order chi connectivity index (χ0) is 19.8. The first kappa shape index (κ1) is 18.4. The number of benzene rings is 1. The maximum absolute atomic E-state index is 12.8. The molecule has 144 valence electrons. The first-order valence-electron chi connectivity index (χ1n) is 9.01. The monoisotopic (exact) mass is 398 g/mol. The number of aromatic nitrogens is 2. The first-order valence-corrected chi connectivity index (χ1v) is 9.39. The van der Waals surface area contributed by atoms with E-state index in [1.54, 1.807) is 49.2 Å². The summed E-state index contributed by atoms with van der Waals surface area (Å²) in [4.78, 5) is 31.3. The van der Waals surface area contributed by atoms with E-state index < -0.39 is 0 Å². The van der Waals surface area contributed by atoms with Gasteiger partial charge in [0.05, 0.1) is 16.6 Å². The SMILES string of the molecule is CNC(=O)c1cc(C)nc2onc(C3CCN(C(=O)c4cccc(Cl)c4)C3)c12. The molecule has 0 bridgehead atoms. The number of aryl methyl sites for hydroxylation is 1. The van der Waals surface area contributed by atoms with Crippen LogP contribution in [0.2, 0.25) is 5.02 Å². The summed E-state index contributed by atoms with van der Waals surface area (Å²) < 4.78 is 5.41. The van der Waals surface area contributed by atoms with Gasteiger partial charge in [0, 0.05) is 42.3 Å². The number of nitrogens with zero attached hydrogens (tertiary/aromatic N) is 3. The molecule has 1 aromatic carbocycles. The number of likely N-dealkylation sites (tertiary alicyclic amines) is 1. The average Bonchev–Trinajstić information content (AvgIpc) is 3.33. The summed E-state index contributed by atoms with van der Waals surface area (Å²) in [6.07, 6.45) is 0.731. The van der Waals surface area contributed by atoms with Crippen LogP contribution in [-0.2, 0) is 0 Å². The van der Waals surface area contributed by atoms with Crippen molar-refractivity contribution in [2.24, 2.45) is 0 Å². The van der Waals surface area contributed by atoms with Crippen molar-refractivity contribution in [2.45, 2.75) is 19.3 Å². The van der Waals surface area contributed by atoms with Crippen LogP contribution in [0.1, 0.15) is 44.4 Å². The van der Waals surface area contributed by atoms with Gasteiger partial charge in [-0.2, -0.15) is 0 Å². The van der Waals surface area contributed by atoms with Gasteiger partial charge in [-0.15, -0.1) is 0 Å². The van der Waals surface area contributed by atoms with E-state index in [4.69, 9.17) is 16.1 Å². The van der Waals surface area contributed by atoms with Gasteiger partial charge in [0.2, 0.25) is 0 Å². The van der Waals surface area contributed by atoms with Gasteiger partial charge in [-0.05, 0) is 37.6 Å². The predicted molar refractivity (Wildman–Crippen MR) is 105 cm³/mol. The van der Waals surface area contributed by atoms with Gasteiger partial charge in [-0.25, -0.2) is 4.98 Å². The molecule has 0 aliphatic carbocycles. The Labute approximate surface area is 166 Å². The third-order valence-electron chi connectivity index (χ3n) is 5.01. The van der Waals surface area contributed by atoms with Crippen LogP contribution in [0.4, 0.5) is 0 Å². The quantitative estimate of drug-likeness (QED) is 0.732. The van der Waals surface area contributed by atoms with Crippen LogP contribution in [0.5, 0.6) is 0 Å². The van der Waals surface area contributed by atoms with Crippen molar-refractivity contribution < 1.29 is 14.1 Å². The highest BCUT2D eigenvalue weighted by molar-refractivity contribution is 6.30. The summed E-state index contributed by atoms with van der Waals surface area (Å²) in [5, 5.41) is 7.99. The highest BCUT2D eigenvalue weighted by Crippen LogP contribution is 2.34. The van der Waals surface area contributed by atoms with E-state index in [2.05, 4.69) is 15.5 Å². The Morgan fingerprint density at radius 1 is 1.32 bits per heavy atom. The van der Waals surface area contributed by atoms with Crippen molar-refractivity contribution in [3.05, 3.63) is 57.9 Å². The van der Waals surface area contributed by atoms with E-state index in [9.17, 15) is 9.59 Å². The van der Waals surface area contributed by atoms with Crippen molar-refractivity contribution in [1.29, 1.82) is 0 Å². The fraction of sp³-hybridized carbons (Fsp3) is 0.300. The van der Waals surface area contributed by atoms with Crippen LogP contribution in [0.25, 0.3) is 11.1 Å². The van der Waals surface area contributed by atoms with Gasteiger partial charge in [0.15, 0.2) is 0 Å². The van der Waals surface area contributed by atoms with Gasteiger partial charge in [0.1, 0.15) is 0 Å². The Hall–Kier alpha value is -2.93. The number of halogens is 1. The maximum Gasteiger partial charge on any atom is 0.259 e. The van der Waals surface area contributed by atoms with E-state index in [1.165, 1.54) is 0 Å². The van der Waals surface area contributed by atoms with Crippen LogP contribution in [0, 0.1) is 6.92 Å². The Kier molecular flexibility index (Phi) is 4.77. The molecule has 0 spiro atoms. The molecule has 28 heavy (non-hydrogen) atoms. The number of hydrogen-bond acceptors (Lipinski definition) is 5. The molecule has 0 saturated carbocycles. The lowest BCUT2D eigenvalue weighted by Gasteiger charge is -2.16. The van der Waals surface area contributed by atoms with Gasteiger partial charge in [-0.3, -0.25) is 9.59 Å². The highest BCUT2D eigenvalue weighted by Gasteiger charge is 2.33. The number of nitrogens with one attached hydrogen (secondary N) is 1. The van der Waals surface area contributed by atoms with Crippen LogP contribution in [0.3, 0.4) is 0 Å². The van der Waals surface area contributed by atoms with Gasteiger partial charge in [-0.1, -0.05) is 22.8 Å².